The molecular weight excluding hydrogens is 166 g/mol. The third kappa shape index (κ3) is 1.40. The number of imidazole rings is 1. The van der Waals surface area contributed by atoms with Crippen LogP contribution in [0, 0.1) is 0 Å². The number of H-pyrrole nitrogens is 1. The molecule has 66 valence electrons. The molecule has 2 heterocycles. The molecule has 0 aromatic carbocycles. The highest BCUT2D eigenvalue weighted by Gasteiger charge is 2.21. The lowest BCUT2D eigenvalue weighted by atomic mass is 10.1. The molecule has 2 rings (SSSR count). The Bertz CT molecular complexity index is 349. The maximum atomic E-state index is 3.97. The summed E-state index contributed by atoms with van der Waals surface area (Å²) in [5.74, 6) is 0. The first-order chi connectivity index (χ1) is 6.42. The molecule has 0 aliphatic carbocycles. The van der Waals surface area contributed by atoms with E-state index < -0.39 is 0 Å². The Morgan fingerprint density at radius 2 is 2.54 bits per heavy atom. The van der Waals surface area contributed by atoms with Gasteiger partial charge in [-0.1, -0.05) is 6.08 Å². The zero-order valence-electron chi connectivity index (χ0n) is 7.01. The summed E-state index contributed by atoms with van der Waals surface area (Å²) in [7, 11) is 0. The van der Waals surface area contributed by atoms with Crippen LogP contribution in [-0.2, 0) is 0 Å². The van der Waals surface area contributed by atoms with Gasteiger partial charge in [0.1, 0.15) is 11.8 Å². The monoisotopic (exact) mass is 175 g/mol. The number of hydrogen-bond donors (Lipinski definition) is 1. The SMILES string of the molecule is C=CCC1N=NN=C1c1cnc[nH]1. The Labute approximate surface area is 75.3 Å². The van der Waals surface area contributed by atoms with Crippen molar-refractivity contribution in [2.24, 2.45) is 15.4 Å². The van der Waals surface area contributed by atoms with Crippen molar-refractivity contribution in [3.63, 3.8) is 0 Å². The highest BCUT2D eigenvalue weighted by molar-refractivity contribution is 6.03. The van der Waals surface area contributed by atoms with Crippen molar-refractivity contribution in [3.8, 4) is 0 Å². The summed E-state index contributed by atoms with van der Waals surface area (Å²) in [5, 5.41) is 11.5. The van der Waals surface area contributed by atoms with Crippen LogP contribution in [0.2, 0.25) is 0 Å². The van der Waals surface area contributed by atoms with Crippen LogP contribution in [0.15, 0.2) is 40.6 Å². The van der Waals surface area contributed by atoms with E-state index in [2.05, 4.69) is 32.0 Å². The zero-order chi connectivity index (χ0) is 9.10. The molecule has 0 bridgehead atoms. The number of hydrogen-bond acceptors (Lipinski definition) is 4. The molecule has 0 spiro atoms. The molecule has 1 N–H and O–H groups in total. The molecule has 1 aliphatic heterocycles. The normalized spacial score (nSPS) is 20.3. The zero-order valence-corrected chi connectivity index (χ0v) is 7.01. The third-order valence-electron chi connectivity index (χ3n) is 1.82. The molecule has 5 heteroatoms. The van der Waals surface area contributed by atoms with E-state index in [1.54, 1.807) is 18.6 Å². The first-order valence-electron chi connectivity index (χ1n) is 3.99. The topological polar surface area (TPSA) is 65.8 Å². The van der Waals surface area contributed by atoms with Crippen molar-refractivity contribution in [3.05, 3.63) is 30.9 Å². The van der Waals surface area contributed by atoms with E-state index in [0.29, 0.717) is 0 Å². The molecule has 5 nitrogen and oxygen atoms in total. The lowest BCUT2D eigenvalue weighted by molar-refractivity contribution is 0.841. The van der Waals surface area contributed by atoms with E-state index in [-0.39, 0.29) is 6.04 Å². The Morgan fingerprint density at radius 3 is 3.23 bits per heavy atom. The average Bonchev–Trinajstić information content (AvgIpc) is 2.71. The van der Waals surface area contributed by atoms with Gasteiger partial charge in [-0.2, -0.15) is 5.11 Å². The molecule has 0 saturated carbocycles. The van der Waals surface area contributed by atoms with E-state index >= 15 is 0 Å². The summed E-state index contributed by atoms with van der Waals surface area (Å²) < 4.78 is 0. The fourth-order valence-corrected chi connectivity index (χ4v) is 1.20. The van der Waals surface area contributed by atoms with Crippen molar-refractivity contribution >= 4 is 5.71 Å². The van der Waals surface area contributed by atoms with Crippen LogP contribution in [0.4, 0.5) is 0 Å². The van der Waals surface area contributed by atoms with E-state index in [1.807, 2.05) is 0 Å². The van der Waals surface area contributed by atoms with Gasteiger partial charge in [0, 0.05) is 0 Å². The van der Waals surface area contributed by atoms with Crippen molar-refractivity contribution < 1.29 is 0 Å². The van der Waals surface area contributed by atoms with Crippen LogP contribution < -0.4 is 0 Å². The van der Waals surface area contributed by atoms with Crippen molar-refractivity contribution in [1.29, 1.82) is 0 Å². The second-order valence-electron chi connectivity index (χ2n) is 2.70. The summed E-state index contributed by atoms with van der Waals surface area (Å²) in [6, 6.07) is -0.00190. The van der Waals surface area contributed by atoms with Crippen LogP contribution in [-0.4, -0.2) is 21.7 Å². The predicted molar refractivity (Wildman–Crippen MR) is 48.6 cm³/mol. The minimum absolute atomic E-state index is 0.00190. The molecule has 0 radical (unpaired) electrons. The first kappa shape index (κ1) is 7.85. The second-order valence-corrected chi connectivity index (χ2v) is 2.70. The van der Waals surface area contributed by atoms with E-state index in [4.69, 9.17) is 0 Å². The van der Waals surface area contributed by atoms with Gasteiger partial charge in [0.05, 0.1) is 18.2 Å². The number of nitrogens with zero attached hydrogens (tertiary/aromatic N) is 4. The molecule has 0 saturated heterocycles. The molecule has 1 aromatic rings. The average molecular weight is 175 g/mol. The molecule has 0 fully saturated rings. The van der Waals surface area contributed by atoms with Gasteiger partial charge in [-0.05, 0) is 11.6 Å². The Hall–Kier alpha value is -1.78. The molecule has 1 aromatic heterocycles. The van der Waals surface area contributed by atoms with Gasteiger partial charge in [-0.25, -0.2) is 4.98 Å². The maximum absolute atomic E-state index is 3.97. The largest absolute Gasteiger partial charge is 0.344 e. The highest BCUT2D eigenvalue weighted by atomic mass is 15.4. The number of rotatable bonds is 3. The molecule has 13 heavy (non-hydrogen) atoms. The summed E-state index contributed by atoms with van der Waals surface area (Å²) in [6.45, 7) is 3.66. The summed E-state index contributed by atoms with van der Waals surface area (Å²) >= 11 is 0. The first-order valence-corrected chi connectivity index (χ1v) is 3.99. The quantitative estimate of drug-likeness (QED) is 0.695. The Kier molecular flexibility index (Phi) is 1.99. The van der Waals surface area contributed by atoms with Crippen molar-refractivity contribution in [1.82, 2.24) is 9.97 Å². The number of nitrogens with one attached hydrogen (secondary N) is 1. The molecular formula is C8H9N5. The molecule has 1 unspecified atom stereocenters. The van der Waals surface area contributed by atoms with Crippen LogP contribution >= 0.6 is 0 Å². The Morgan fingerprint density at radius 1 is 1.62 bits per heavy atom. The van der Waals surface area contributed by atoms with Crippen LogP contribution in [0.3, 0.4) is 0 Å². The molecule has 1 aliphatic rings. The third-order valence-corrected chi connectivity index (χ3v) is 1.82. The van der Waals surface area contributed by atoms with E-state index in [0.717, 1.165) is 17.8 Å². The minimum atomic E-state index is -0.00190. The van der Waals surface area contributed by atoms with Crippen LogP contribution in [0.1, 0.15) is 12.1 Å². The summed E-state index contributed by atoms with van der Waals surface area (Å²) in [6.07, 6.45) is 5.88. The smallest absolute Gasteiger partial charge is 0.122 e. The lowest BCUT2D eigenvalue weighted by Crippen LogP contribution is -2.16. The maximum Gasteiger partial charge on any atom is 0.122 e. The van der Waals surface area contributed by atoms with Crippen LogP contribution in [0.25, 0.3) is 0 Å². The fourth-order valence-electron chi connectivity index (χ4n) is 1.20. The van der Waals surface area contributed by atoms with Gasteiger partial charge in [-0.15, -0.1) is 11.7 Å². The molecule has 0 amide bonds. The van der Waals surface area contributed by atoms with Crippen molar-refractivity contribution in [2.45, 2.75) is 12.5 Å². The standard InChI is InChI=1S/C8H9N5/c1-2-3-6-8(12-13-11-6)7-4-9-5-10-7/h2,4-6H,1,3H2,(H,9,10). The van der Waals surface area contributed by atoms with Gasteiger partial charge in [-0.3, -0.25) is 0 Å². The highest BCUT2D eigenvalue weighted by Crippen LogP contribution is 2.14. The van der Waals surface area contributed by atoms with Crippen LogP contribution in [0.5, 0.6) is 0 Å². The van der Waals surface area contributed by atoms with E-state index in [9.17, 15) is 0 Å². The summed E-state index contributed by atoms with van der Waals surface area (Å²) in [5.41, 5.74) is 1.70. The summed E-state index contributed by atoms with van der Waals surface area (Å²) in [4.78, 5) is 6.89. The Balaban J connectivity index is 2.21. The van der Waals surface area contributed by atoms with Gasteiger partial charge in [0.2, 0.25) is 0 Å². The van der Waals surface area contributed by atoms with Gasteiger partial charge in [0.25, 0.3) is 0 Å². The minimum Gasteiger partial charge on any atom is -0.344 e. The van der Waals surface area contributed by atoms with Crippen molar-refractivity contribution in [2.75, 3.05) is 0 Å². The fraction of sp³-hybridized carbons (Fsp3) is 0.250. The predicted octanol–water partition coefficient (Wildman–Crippen LogP) is 1.52. The number of aromatic nitrogens is 2. The van der Waals surface area contributed by atoms with Gasteiger partial charge in [0.15, 0.2) is 0 Å². The number of aromatic amines is 1. The van der Waals surface area contributed by atoms with Gasteiger partial charge < -0.3 is 4.98 Å². The van der Waals surface area contributed by atoms with E-state index in [1.165, 1.54) is 0 Å². The molecule has 1 atom stereocenters. The second kappa shape index (κ2) is 3.30. The lowest BCUT2D eigenvalue weighted by Gasteiger charge is -2.02. The van der Waals surface area contributed by atoms with Gasteiger partial charge >= 0.3 is 0 Å².